The summed E-state index contributed by atoms with van der Waals surface area (Å²) < 4.78 is 5.24. The SMILES string of the molecule is CC(NC(=O)N1CCCC(C(=O)O)C1)c1noc(-c2ccc(Cl)cc2)n1. The molecule has 8 nitrogen and oxygen atoms in total. The fraction of sp³-hybridized carbons (Fsp3) is 0.412. The maximum atomic E-state index is 12.4. The Morgan fingerprint density at radius 3 is 2.81 bits per heavy atom. The lowest BCUT2D eigenvalue weighted by molar-refractivity contribution is -0.143. The molecule has 1 aliphatic rings. The summed E-state index contributed by atoms with van der Waals surface area (Å²) in [6, 6.07) is 6.17. The molecule has 2 N–H and O–H groups in total. The summed E-state index contributed by atoms with van der Waals surface area (Å²) in [6.07, 6.45) is 1.26. The molecule has 1 aromatic carbocycles. The molecule has 0 spiro atoms. The molecular formula is C17H19ClN4O4. The van der Waals surface area contributed by atoms with Gasteiger partial charge in [0, 0.05) is 23.7 Å². The van der Waals surface area contributed by atoms with Crippen LogP contribution in [0.2, 0.25) is 5.02 Å². The second-order valence-corrected chi connectivity index (χ2v) is 6.70. The second kappa shape index (κ2) is 7.74. The van der Waals surface area contributed by atoms with Crippen molar-refractivity contribution in [1.29, 1.82) is 0 Å². The molecule has 2 amide bonds. The third-order valence-electron chi connectivity index (χ3n) is 4.32. The molecule has 1 aliphatic heterocycles. The Bertz CT molecular complexity index is 792. The molecule has 138 valence electrons. The van der Waals surface area contributed by atoms with Crippen LogP contribution in [-0.4, -0.2) is 45.2 Å². The summed E-state index contributed by atoms with van der Waals surface area (Å²) in [4.78, 5) is 29.3. The number of urea groups is 1. The van der Waals surface area contributed by atoms with E-state index < -0.39 is 17.9 Å². The zero-order valence-electron chi connectivity index (χ0n) is 14.2. The third kappa shape index (κ3) is 4.13. The highest BCUT2D eigenvalue weighted by molar-refractivity contribution is 6.30. The van der Waals surface area contributed by atoms with Crippen LogP contribution < -0.4 is 5.32 Å². The van der Waals surface area contributed by atoms with Crippen LogP contribution >= 0.6 is 11.6 Å². The molecule has 0 radical (unpaired) electrons. The Balaban J connectivity index is 1.63. The average Bonchev–Trinajstić information content (AvgIpc) is 3.12. The Labute approximate surface area is 155 Å². The van der Waals surface area contributed by atoms with E-state index in [1.807, 2.05) is 0 Å². The highest BCUT2D eigenvalue weighted by Gasteiger charge is 2.29. The zero-order chi connectivity index (χ0) is 18.7. The number of amides is 2. The smallest absolute Gasteiger partial charge is 0.318 e. The Morgan fingerprint density at radius 1 is 1.38 bits per heavy atom. The number of piperidine rings is 1. The minimum atomic E-state index is -0.874. The first-order valence-electron chi connectivity index (χ1n) is 8.32. The van der Waals surface area contributed by atoms with Gasteiger partial charge in [-0.2, -0.15) is 4.98 Å². The number of nitrogens with zero attached hydrogens (tertiary/aromatic N) is 3. The zero-order valence-corrected chi connectivity index (χ0v) is 14.9. The Hall–Kier alpha value is -2.61. The number of halogens is 1. The maximum Gasteiger partial charge on any atom is 0.318 e. The molecule has 1 saturated heterocycles. The molecule has 9 heteroatoms. The van der Waals surface area contributed by atoms with Gasteiger partial charge in [-0.1, -0.05) is 16.8 Å². The summed E-state index contributed by atoms with van der Waals surface area (Å²) in [7, 11) is 0. The van der Waals surface area contributed by atoms with E-state index in [0.717, 1.165) is 5.56 Å². The van der Waals surface area contributed by atoms with Crippen molar-refractivity contribution in [3.8, 4) is 11.5 Å². The summed E-state index contributed by atoms with van der Waals surface area (Å²) in [5.74, 6) is -0.718. The Kier molecular flexibility index (Phi) is 5.41. The second-order valence-electron chi connectivity index (χ2n) is 6.26. The summed E-state index contributed by atoms with van der Waals surface area (Å²) in [6.45, 7) is 2.48. The van der Waals surface area contributed by atoms with Crippen LogP contribution in [0.25, 0.3) is 11.5 Å². The summed E-state index contributed by atoms with van der Waals surface area (Å²) in [5, 5.41) is 16.4. The largest absolute Gasteiger partial charge is 0.481 e. The molecule has 2 heterocycles. The van der Waals surface area contributed by atoms with Crippen LogP contribution in [0.15, 0.2) is 28.8 Å². The number of carboxylic acid groups (broad SMARTS) is 1. The predicted molar refractivity (Wildman–Crippen MR) is 93.6 cm³/mol. The third-order valence-corrected chi connectivity index (χ3v) is 4.57. The van der Waals surface area contributed by atoms with E-state index in [0.29, 0.717) is 36.1 Å². The first-order valence-corrected chi connectivity index (χ1v) is 8.69. The van der Waals surface area contributed by atoms with E-state index >= 15 is 0 Å². The van der Waals surface area contributed by atoms with Crippen molar-refractivity contribution in [3.63, 3.8) is 0 Å². The van der Waals surface area contributed by atoms with Crippen LogP contribution in [0.1, 0.15) is 31.6 Å². The van der Waals surface area contributed by atoms with Crippen molar-refractivity contribution in [2.45, 2.75) is 25.8 Å². The van der Waals surface area contributed by atoms with Gasteiger partial charge in [-0.05, 0) is 44.0 Å². The molecule has 2 atom stereocenters. The van der Waals surface area contributed by atoms with Crippen molar-refractivity contribution in [1.82, 2.24) is 20.4 Å². The molecule has 2 aromatic rings. The normalized spacial score (nSPS) is 18.4. The predicted octanol–water partition coefficient (Wildman–Crippen LogP) is 2.96. The fourth-order valence-corrected chi connectivity index (χ4v) is 2.95. The van der Waals surface area contributed by atoms with Gasteiger partial charge in [0.25, 0.3) is 5.89 Å². The monoisotopic (exact) mass is 378 g/mol. The van der Waals surface area contributed by atoms with E-state index in [4.69, 9.17) is 21.2 Å². The Morgan fingerprint density at radius 2 is 2.12 bits per heavy atom. The van der Waals surface area contributed by atoms with Gasteiger partial charge in [0.2, 0.25) is 0 Å². The molecule has 2 unspecified atom stereocenters. The lowest BCUT2D eigenvalue weighted by Crippen LogP contribution is -2.47. The number of rotatable bonds is 4. The number of benzene rings is 1. The van der Waals surface area contributed by atoms with Gasteiger partial charge < -0.3 is 19.8 Å². The highest BCUT2D eigenvalue weighted by atomic mass is 35.5. The van der Waals surface area contributed by atoms with E-state index in [1.165, 1.54) is 4.90 Å². The van der Waals surface area contributed by atoms with Crippen LogP contribution in [0.3, 0.4) is 0 Å². The van der Waals surface area contributed by atoms with E-state index in [1.54, 1.807) is 31.2 Å². The number of aliphatic carboxylic acids is 1. The number of hydrogen-bond donors (Lipinski definition) is 2. The summed E-state index contributed by atoms with van der Waals surface area (Å²) in [5.41, 5.74) is 0.729. The number of carbonyl (C=O) groups is 2. The molecule has 26 heavy (non-hydrogen) atoms. The van der Waals surface area contributed by atoms with Gasteiger partial charge in [-0.3, -0.25) is 4.79 Å². The van der Waals surface area contributed by atoms with Gasteiger partial charge in [-0.25, -0.2) is 4.79 Å². The van der Waals surface area contributed by atoms with E-state index in [2.05, 4.69) is 15.5 Å². The number of likely N-dealkylation sites (tertiary alicyclic amines) is 1. The van der Waals surface area contributed by atoms with Crippen LogP contribution in [0.5, 0.6) is 0 Å². The first kappa shape index (κ1) is 18.2. The molecule has 1 aromatic heterocycles. The number of aromatic nitrogens is 2. The summed E-state index contributed by atoms with van der Waals surface area (Å²) >= 11 is 5.86. The lowest BCUT2D eigenvalue weighted by atomic mass is 9.99. The molecule has 1 fully saturated rings. The minimum Gasteiger partial charge on any atom is -0.481 e. The van der Waals surface area contributed by atoms with E-state index in [9.17, 15) is 9.59 Å². The van der Waals surface area contributed by atoms with Crippen molar-refractivity contribution in [2.75, 3.05) is 13.1 Å². The lowest BCUT2D eigenvalue weighted by Gasteiger charge is -2.31. The topological polar surface area (TPSA) is 109 Å². The average molecular weight is 379 g/mol. The van der Waals surface area contributed by atoms with Crippen molar-refractivity contribution in [3.05, 3.63) is 35.1 Å². The molecular weight excluding hydrogens is 360 g/mol. The van der Waals surface area contributed by atoms with Gasteiger partial charge in [0.1, 0.15) is 0 Å². The molecule has 0 aliphatic carbocycles. The van der Waals surface area contributed by atoms with Gasteiger partial charge in [0.05, 0.1) is 12.0 Å². The van der Waals surface area contributed by atoms with Crippen LogP contribution in [0, 0.1) is 5.92 Å². The minimum absolute atomic E-state index is 0.205. The van der Waals surface area contributed by atoms with Crippen LogP contribution in [0.4, 0.5) is 4.79 Å². The number of carboxylic acids is 1. The molecule has 0 saturated carbocycles. The molecule has 0 bridgehead atoms. The van der Waals surface area contributed by atoms with Gasteiger partial charge in [-0.15, -0.1) is 0 Å². The van der Waals surface area contributed by atoms with Crippen LogP contribution in [-0.2, 0) is 4.79 Å². The quantitative estimate of drug-likeness (QED) is 0.846. The van der Waals surface area contributed by atoms with Crippen molar-refractivity contribution in [2.24, 2.45) is 5.92 Å². The van der Waals surface area contributed by atoms with Gasteiger partial charge in [0.15, 0.2) is 5.82 Å². The number of hydrogen-bond acceptors (Lipinski definition) is 5. The number of carbonyl (C=O) groups excluding carboxylic acids is 1. The van der Waals surface area contributed by atoms with Gasteiger partial charge >= 0.3 is 12.0 Å². The van der Waals surface area contributed by atoms with E-state index in [-0.39, 0.29) is 12.6 Å². The standard InChI is InChI=1S/C17H19ClN4O4/c1-10(19-17(25)22-8-2-3-12(9-22)16(23)24)14-20-15(26-21-14)11-4-6-13(18)7-5-11/h4-7,10,12H,2-3,8-9H2,1H3,(H,19,25)(H,23,24). The highest BCUT2D eigenvalue weighted by Crippen LogP contribution is 2.22. The van der Waals surface area contributed by atoms with Crippen molar-refractivity contribution < 1.29 is 19.2 Å². The maximum absolute atomic E-state index is 12.4. The first-order chi connectivity index (χ1) is 12.4. The molecule has 3 rings (SSSR count). The fourth-order valence-electron chi connectivity index (χ4n) is 2.82. The van der Waals surface area contributed by atoms with Crippen molar-refractivity contribution >= 4 is 23.6 Å². The number of nitrogens with one attached hydrogen (secondary N) is 1.